The van der Waals surface area contributed by atoms with Crippen LogP contribution in [0.5, 0.6) is 5.88 Å². The standard InChI is InChI=1S/C17H26N2O3/c1-4-14(3)21-12-17(20)19-9-7-15(8-10-19)22-16-6-5-13(2)11-18-16/h5-6,11,14-15H,4,7-10,12H2,1-3H3/t14-/m1/s1. The molecule has 0 spiro atoms. The van der Waals surface area contributed by atoms with Gasteiger partial charge in [-0.1, -0.05) is 13.0 Å². The number of amides is 1. The Morgan fingerprint density at radius 3 is 2.73 bits per heavy atom. The molecule has 2 rings (SSSR count). The van der Waals surface area contributed by atoms with Gasteiger partial charge < -0.3 is 14.4 Å². The first-order chi connectivity index (χ1) is 10.6. The average Bonchev–Trinajstić information content (AvgIpc) is 2.55. The van der Waals surface area contributed by atoms with E-state index in [2.05, 4.69) is 11.9 Å². The van der Waals surface area contributed by atoms with E-state index in [-0.39, 0.29) is 24.7 Å². The number of ether oxygens (including phenoxy) is 2. The summed E-state index contributed by atoms with van der Waals surface area (Å²) in [5.41, 5.74) is 1.12. The smallest absolute Gasteiger partial charge is 0.248 e. The molecule has 1 aliphatic heterocycles. The molecule has 5 nitrogen and oxygen atoms in total. The van der Waals surface area contributed by atoms with Crippen molar-refractivity contribution < 1.29 is 14.3 Å². The Morgan fingerprint density at radius 2 is 2.14 bits per heavy atom. The van der Waals surface area contributed by atoms with Crippen LogP contribution < -0.4 is 4.74 Å². The van der Waals surface area contributed by atoms with Gasteiger partial charge in [0.25, 0.3) is 0 Å². The summed E-state index contributed by atoms with van der Waals surface area (Å²) in [6.07, 6.45) is 4.68. The van der Waals surface area contributed by atoms with E-state index in [0.29, 0.717) is 5.88 Å². The number of aromatic nitrogens is 1. The third-order valence-electron chi connectivity index (χ3n) is 4.03. The van der Waals surface area contributed by atoms with Crippen molar-refractivity contribution in [1.82, 2.24) is 9.88 Å². The maximum Gasteiger partial charge on any atom is 0.248 e. The van der Waals surface area contributed by atoms with Crippen LogP contribution in [0.15, 0.2) is 18.3 Å². The maximum atomic E-state index is 12.1. The molecule has 1 amide bonds. The van der Waals surface area contributed by atoms with Crippen molar-refractivity contribution in [3.63, 3.8) is 0 Å². The monoisotopic (exact) mass is 306 g/mol. The van der Waals surface area contributed by atoms with Gasteiger partial charge in [-0.3, -0.25) is 4.79 Å². The van der Waals surface area contributed by atoms with Gasteiger partial charge in [0, 0.05) is 38.2 Å². The molecule has 0 aliphatic carbocycles. The van der Waals surface area contributed by atoms with Gasteiger partial charge in [0.05, 0.1) is 6.10 Å². The maximum absolute atomic E-state index is 12.1. The highest BCUT2D eigenvalue weighted by molar-refractivity contribution is 5.77. The fraction of sp³-hybridized carbons (Fsp3) is 0.647. The Morgan fingerprint density at radius 1 is 1.41 bits per heavy atom. The topological polar surface area (TPSA) is 51.7 Å². The predicted molar refractivity (Wildman–Crippen MR) is 84.9 cm³/mol. The van der Waals surface area contributed by atoms with Crippen molar-refractivity contribution in [3.8, 4) is 5.88 Å². The molecule has 1 aromatic rings. The molecular formula is C17H26N2O3. The van der Waals surface area contributed by atoms with Gasteiger partial charge in [-0.2, -0.15) is 0 Å². The zero-order valence-corrected chi connectivity index (χ0v) is 13.7. The van der Waals surface area contributed by atoms with E-state index in [0.717, 1.165) is 37.9 Å². The van der Waals surface area contributed by atoms with Crippen molar-refractivity contribution in [2.24, 2.45) is 0 Å². The highest BCUT2D eigenvalue weighted by atomic mass is 16.5. The summed E-state index contributed by atoms with van der Waals surface area (Å²) in [4.78, 5) is 18.2. The molecule has 0 aromatic carbocycles. The third kappa shape index (κ3) is 4.98. The van der Waals surface area contributed by atoms with Gasteiger partial charge in [-0.05, 0) is 25.8 Å². The van der Waals surface area contributed by atoms with Crippen LogP contribution in [0.4, 0.5) is 0 Å². The highest BCUT2D eigenvalue weighted by Crippen LogP contribution is 2.17. The summed E-state index contributed by atoms with van der Waals surface area (Å²) in [6.45, 7) is 7.67. The second-order valence-corrected chi connectivity index (χ2v) is 5.90. The van der Waals surface area contributed by atoms with Crippen LogP contribution in [-0.4, -0.2) is 47.7 Å². The normalized spacial score (nSPS) is 17.3. The number of hydrogen-bond donors (Lipinski definition) is 0. The highest BCUT2D eigenvalue weighted by Gasteiger charge is 2.24. The molecule has 5 heteroatoms. The van der Waals surface area contributed by atoms with E-state index >= 15 is 0 Å². The van der Waals surface area contributed by atoms with Crippen LogP contribution in [0.1, 0.15) is 38.7 Å². The van der Waals surface area contributed by atoms with Crippen molar-refractivity contribution in [2.45, 2.75) is 52.2 Å². The summed E-state index contributed by atoms with van der Waals surface area (Å²) >= 11 is 0. The molecule has 1 aromatic heterocycles. The minimum Gasteiger partial charge on any atom is -0.474 e. The van der Waals surface area contributed by atoms with E-state index in [4.69, 9.17) is 9.47 Å². The quantitative estimate of drug-likeness (QED) is 0.810. The molecule has 1 saturated heterocycles. The number of carbonyl (C=O) groups is 1. The van der Waals surface area contributed by atoms with E-state index < -0.39 is 0 Å². The predicted octanol–water partition coefficient (Wildman–Crippen LogP) is 2.57. The second kappa shape index (κ2) is 8.13. The Labute approximate surface area is 132 Å². The molecule has 0 radical (unpaired) electrons. The van der Waals surface area contributed by atoms with Crippen LogP contribution in [0.25, 0.3) is 0 Å². The minimum atomic E-state index is 0.0761. The molecule has 0 N–H and O–H groups in total. The van der Waals surface area contributed by atoms with Crippen molar-refractivity contribution in [1.29, 1.82) is 0 Å². The minimum absolute atomic E-state index is 0.0761. The number of hydrogen-bond acceptors (Lipinski definition) is 4. The summed E-state index contributed by atoms with van der Waals surface area (Å²) in [5, 5.41) is 0. The van der Waals surface area contributed by atoms with Gasteiger partial charge in [0.2, 0.25) is 11.8 Å². The average molecular weight is 306 g/mol. The molecule has 122 valence electrons. The van der Waals surface area contributed by atoms with Crippen molar-refractivity contribution in [2.75, 3.05) is 19.7 Å². The summed E-state index contributed by atoms with van der Waals surface area (Å²) in [6, 6.07) is 3.89. The molecule has 22 heavy (non-hydrogen) atoms. The van der Waals surface area contributed by atoms with Gasteiger partial charge in [0.1, 0.15) is 12.7 Å². The number of pyridine rings is 1. The Balaban J connectivity index is 1.73. The van der Waals surface area contributed by atoms with Crippen LogP contribution in [0, 0.1) is 6.92 Å². The summed E-state index contributed by atoms with van der Waals surface area (Å²) in [5.74, 6) is 0.739. The van der Waals surface area contributed by atoms with E-state index in [1.54, 1.807) is 6.20 Å². The molecule has 0 unspecified atom stereocenters. The van der Waals surface area contributed by atoms with Crippen LogP contribution in [-0.2, 0) is 9.53 Å². The summed E-state index contributed by atoms with van der Waals surface area (Å²) in [7, 11) is 0. The number of aryl methyl sites for hydroxylation is 1. The van der Waals surface area contributed by atoms with Gasteiger partial charge in [0.15, 0.2) is 0 Å². The number of rotatable bonds is 6. The molecule has 0 saturated carbocycles. The largest absolute Gasteiger partial charge is 0.474 e. The Hall–Kier alpha value is -1.62. The number of carbonyl (C=O) groups excluding carboxylic acids is 1. The SMILES string of the molecule is CC[C@@H](C)OCC(=O)N1CCC(Oc2ccc(C)cn2)CC1. The molecule has 2 heterocycles. The first-order valence-corrected chi connectivity index (χ1v) is 8.07. The lowest BCUT2D eigenvalue weighted by molar-refractivity contribution is -0.139. The molecule has 0 bridgehead atoms. The van der Waals surface area contributed by atoms with Gasteiger partial charge in [-0.25, -0.2) is 4.98 Å². The lowest BCUT2D eigenvalue weighted by Crippen LogP contribution is -2.43. The van der Waals surface area contributed by atoms with Gasteiger partial charge in [-0.15, -0.1) is 0 Å². The van der Waals surface area contributed by atoms with E-state index in [9.17, 15) is 4.79 Å². The Kier molecular flexibility index (Phi) is 6.19. The molecule has 1 fully saturated rings. The number of piperidine rings is 1. The fourth-order valence-electron chi connectivity index (χ4n) is 2.34. The lowest BCUT2D eigenvalue weighted by atomic mass is 10.1. The first-order valence-electron chi connectivity index (χ1n) is 8.07. The van der Waals surface area contributed by atoms with E-state index in [1.807, 2.05) is 30.9 Å². The van der Waals surface area contributed by atoms with Crippen molar-refractivity contribution >= 4 is 5.91 Å². The van der Waals surface area contributed by atoms with Gasteiger partial charge >= 0.3 is 0 Å². The van der Waals surface area contributed by atoms with Crippen LogP contribution in [0.3, 0.4) is 0 Å². The molecule has 1 atom stereocenters. The lowest BCUT2D eigenvalue weighted by Gasteiger charge is -2.32. The molecular weight excluding hydrogens is 280 g/mol. The number of nitrogens with zero attached hydrogens (tertiary/aromatic N) is 2. The van der Waals surface area contributed by atoms with Crippen molar-refractivity contribution in [3.05, 3.63) is 23.9 Å². The zero-order valence-electron chi connectivity index (χ0n) is 13.7. The zero-order chi connectivity index (χ0) is 15.9. The fourth-order valence-corrected chi connectivity index (χ4v) is 2.34. The van der Waals surface area contributed by atoms with Crippen LogP contribution >= 0.6 is 0 Å². The summed E-state index contributed by atoms with van der Waals surface area (Å²) < 4.78 is 11.4. The number of likely N-dealkylation sites (tertiary alicyclic amines) is 1. The molecule has 1 aliphatic rings. The van der Waals surface area contributed by atoms with E-state index in [1.165, 1.54) is 0 Å². The first kappa shape index (κ1) is 16.7. The Bertz CT molecular complexity index is 467. The van der Waals surface area contributed by atoms with Crippen LogP contribution in [0.2, 0.25) is 0 Å². The third-order valence-corrected chi connectivity index (χ3v) is 4.03. The second-order valence-electron chi connectivity index (χ2n) is 5.90.